The van der Waals surface area contributed by atoms with Crippen LogP contribution < -0.4 is 19.9 Å². The number of amides is 1. The van der Waals surface area contributed by atoms with Gasteiger partial charge in [0.2, 0.25) is 0 Å². The fourth-order valence-corrected chi connectivity index (χ4v) is 7.45. The number of nitrogens with one attached hydrogen (secondary N) is 2. The van der Waals surface area contributed by atoms with E-state index in [1.807, 2.05) is 12.1 Å². The number of hydrogen-bond acceptors (Lipinski definition) is 3. The summed E-state index contributed by atoms with van der Waals surface area (Å²) in [6.07, 6.45) is 8.44. The molecule has 5 nitrogen and oxygen atoms in total. The molecule has 6 rings (SSSR count). The van der Waals surface area contributed by atoms with E-state index in [9.17, 15) is 4.79 Å². The van der Waals surface area contributed by atoms with Crippen molar-refractivity contribution in [3.05, 3.63) is 24.3 Å². The SMILES string of the molecule is COc1cccc(N2CC[NH+](CC(=O)N[C@H](C)C34CC5CC(CC(C5)C3)C4)CC2)c1. The Morgan fingerprint density at radius 3 is 2.40 bits per heavy atom. The maximum atomic E-state index is 12.9. The minimum absolute atomic E-state index is 0.253. The van der Waals surface area contributed by atoms with E-state index in [0.29, 0.717) is 18.0 Å². The quantitative estimate of drug-likeness (QED) is 0.752. The van der Waals surface area contributed by atoms with E-state index in [0.717, 1.165) is 49.7 Å². The van der Waals surface area contributed by atoms with Crippen molar-refractivity contribution in [2.24, 2.45) is 23.2 Å². The van der Waals surface area contributed by atoms with Crippen LogP contribution in [0, 0.1) is 23.2 Å². The Hall–Kier alpha value is -1.75. The van der Waals surface area contributed by atoms with E-state index in [1.165, 1.54) is 49.1 Å². The number of ether oxygens (including phenoxy) is 1. The van der Waals surface area contributed by atoms with Crippen molar-refractivity contribution in [1.29, 1.82) is 0 Å². The molecule has 1 heterocycles. The lowest BCUT2D eigenvalue weighted by molar-refractivity contribution is -0.892. The van der Waals surface area contributed by atoms with E-state index in [-0.39, 0.29) is 5.91 Å². The minimum atomic E-state index is 0.253. The largest absolute Gasteiger partial charge is 0.497 e. The van der Waals surface area contributed by atoms with E-state index in [4.69, 9.17) is 4.74 Å². The highest BCUT2D eigenvalue weighted by Gasteiger charge is 2.53. The first-order valence-electron chi connectivity index (χ1n) is 12.0. The number of hydrogen-bond donors (Lipinski definition) is 2. The first-order valence-corrected chi connectivity index (χ1v) is 12.0. The Balaban J connectivity index is 1.12. The normalized spacial score (nSPS) is 34.1. The van der Waals surface area contributed by atoms with Gasteiger partial charge in [-0.15, -0.1) is 0 Å². The Labute approximate surface area is 181 Å². The summed E-state index contributed by atoms with van der Waals surface area (Å²) in [5.74, 6) is 3.96. The van der Waals surface area contributed by atoms with Gasteiger partial charge in [-0.25, -0.2) is 0 Å². The van der Waals surface area contributed by atoms with Gasteiger partial charge < -0.3 is 19.9 Å². The van der Waals surface area contributed by atoms with Gasteiger partial charge in [-0.05, 0) is 80.8 Å². The summed E-state index contributed by atoms with van der Waals surface area (Å²) in [5, 5.41) is 3.45. The van der Waals surface area contributed by atoms with Crippen LogP contribution in [-0.2, 0) is 4.79 Å². The van der Waals surface area contributed by atoms with Gasteiger partial charge in [0, 0.05) is 17.8 Å². The van der Waals surface area contributed by atoms with E-state index in [1.54, 1.807) is 7.11 Å². The minimum Gasteiger partial charge on any atom is -0.497 e. The van der Waals surface area contributed by atoms with Gasteiger partial charge in [-0.2, -0.15) is 0 Å². The molecular weight excluding hydrogens is 374 g/mol. The molecule has 5 aliphatic rings. The molecule has 0 spiro atoms. The zero-order valence-electron chi connectivity index (χ0n) is 18.7. The maximum absolute atomic E-state index is 12.9. The van der Waals surface area contributed by atoms with Crippen molar-refractivity contribution in [2.45, 2.75) is 51.5 Å². The second-order valence-corrected chi connectivity index (χ2v) is 10.7. The maximum Gasteiger partial charge on any atom is 0.275 e. The molecule has 0 unspecified atom stereocenters. The molecule has 0 radical (unpaired) electrons. The number of methoxy groups -OCH3 is 1. The Bertz CT molecular complexity index is 736. The van der Waals surface area contributed by atoms with Crippen molar-refractivity contribution < 1.29 is 14.4 Å². The number of nitrogens with zero attached hydrogens (tertiary/aromatic N) is 1. The van der Waals surface area contributed by atoms with Crippen LogP contribution >= 0.6 is 0 Å². The summed E-state index contributed by atoms with van der Waals surface area (Å²) in [6, 6.07) is 8.61. The third-order valence-corrected chi connectivity index (χ3v) is 8.68. The van der Waals surface area contributed by atoms with Crippen molar-refractivity contribution in [1.82, 2.24) is 5.32 Å². The highest BCUT2D eigenvalue weighted by molar-refractivity contribution is 5.77. The van der Waals surface area contributed by atoms with E-state index >= 15 is 0 Å². The van der Waals surface area contributed by atoms with Gasteiger partial charge >= 0.3 is 0 Å². The monoisotopic (exact) mass is 412 g/mol. The summed E-state index contributed by atoms with van der Waals surface area (Å²) in [6.45, 7) is 6.90. The Morgan fingerprint density at radius 2 is 1.80 bits per heavy atom. The molecule has 1 aliphatic heterocycles. The Morgan fingerprint density at radius 1 is 1.17 bits per heavy atom. The zero-order valence-corrected chi connectivity index (χ0v) is 18.7. The number of anilines is 1. The predicted octanol–water partition coefficient (Wildman–Crippen LogP) is 2.12. The standard InChI is InChI=1S/C25H37N3O2/c1-18(25-14-19-10-20(15-25)12-21(11-19)16-25)26-24(29)17-27-6-8-28(9-7-27)22-4-3-5-23(13-22)30-2/h3-5,13,18-21H,6-12,14-17H2,1-2H3,(H,26,29)/p+1/t18-,19?,20?,21?,25?/m1/s1. The Kier molecular flexibility index (Phi) is 5.42. The third-order valence-electron chi connectivity index (χ3n) is 8.68. The second kappa shape index (κ2) is 8.07. The molecule has 0 aromatic heterocycles. The molecular formula is C25H38N3O2+. The first kappa shape index (κ1) is 20.2. The molecule has 1 aromatic rings. The fraction of sp³-hybridized carbons (Fsp3) is 0.720. The van der Waals surface area contributed by atoms with Crippen LogP contribution in [0.4, 0.5) is 5.69 Å². The van der Waals surface area contributed by atoms with Crippen molar-refractivity contribution in [3.63, 3.8) is 0 Å². The molecule has 30 heavy (non-hydrogen) atoms. The highest BCUT2D eigenvalue weighted by Crippen LogP contribution is 2.61. The van der Waals surface area contributed by atoms with Gasteiger partial charge in [0.15, 0.2) is 6.54 Å². The van der Waals surface area contributed by atoms with Gasteiger partial charge in [-0.3, -0.25) is 4.79 Å². The van der Waals surface area contributed by atoms with Gasteiger partial charge in [0.1, 0.15) is 5.75 Å². The van der Waals surface area contributed by atoms with Gasteiger partial charge in [-0.1, -0.05) is 6.07 Å². The van der Waals surface area contributed by atoms with Crippen LogP contribution in [0.2, 0.25) is 0 Å². The van der Waals surface area contributed by atoms with Gasteiger partial charge in [0.25, 0.3) is 5.91 Å². The molecule has 4 bridgehead atoms. The molecule has 2 N–H and O–H groups in total. The van der Waals surface area contributed by atoms with Crippen molar-refractivity contribution in [3.8, 4) is 5.75 Å². The average molecular weight is 413 g/mol. The molecule has 1 atom stereocenters. The molecule has 5 fully saturated rings. The van der Waals surface area contributed by atoms with Crippen LogP contribution in [0.15, 0.2) is 24.3 Å². The summed E-state index contributed by atoms with van der Waals surface area (Å²) in [7, 11) is 1.71. The summed E-state index contributed by atoms with van der Waals surface area (Å²) in [4.78, 5) is 16.7. The molecule has 5 heteroatoms. The van der Waals surface area contributed by atoms with Crippen molar-refractivity contribution in [2.75, 3.05) is 44.7 Å². The molecule has 4 aliphatic carbocycles. The van der Waals surface area contributed by atoms with Crippen LogP contribution in [0.1, 0.15) is 45.4 Å². The van der Waals surface area contributed by atoms with E-state index < -0.39 is 0 Å². The smallest absolute Gasteiger partial charge is 0.275 e. The zero-order chi connectivity index (χ0) is 20.7. The molecule has 1 aromatic carbocycles. The topological polar surface area (TPSA) is 46.0 Å². The number of carbonyl (C=O) groups is 1. The number of piperazine rings is 1. The van der Waals surface area contributed by atoms with Crippen LogP contribution in [0.5, 0.6) is 5.75 Å². The van der Waals surface area contributed by atoms with Crippen LogP contribution in [0.3, 0.4) is 0 Å². The molecule has 1 saturated heterocycles. The molecule has 1 amide bonds. The molecule has 4 saturated carbocycles. The number of benzene rings is 1. The van der Waals surface area contributed by atoms with Gasteiger partial charge in [0.05, 0.1) is 33.3 Å². The lowest BCUT2D eigenvalue weighted by Crippen LogP contribution is -3.16. The second-order valence-electron chi connectivity index (χ2n) is 10.7. The number of carbonyl (C=O) groups excluding carboxylic acids is 1. The van der Waals surface area contributed by atoms with Crippen LogP contribution in [0.25, 0.3) is 0 Å². The summed E-state index contributed by atoms with van der Waals surface area (Å²) < 4.78 is 5.36. The summed E-state index contributed by atoms with van der Waals surface area (Å²) >= 11 is 0. The molecule has 164 valence electrons. The highest BCUT2D eigenvalue weighted by atomic mass is 16.5. The number of rotatable bonds is 6. The number of quaternary nitrogens is 1. The van der Waals surface area contributed by atoms with Crippen molar-refractivity contribution >= 4 is 11.6 Å². The third kappa shape index (κ3) is 3.93. The predicted molar refractivity (Wildman–Crippen MR) is 119 cm³/mol. The van der Waals surface area contributed by atoms with Crippen LogP contribution in [-0.4, -0.2) is 51.8 Å². The first-order chi connectivity index (χ1) is 14.5. The fourth-order valence-electron chi connectivity index (χ4n) is 7.45. The van der Waals surface area contributed by atoms with E-state index in [2.05, 4.69) is 29.3 Å². The average Bonchev–Trinajstić information content (AvgIpc) is 2.73. The summed E-state index contributed by atoms with van der Waals surface area (Å²) in [5.41, 5.74) is 1.61. The lowest BCUT2D eigenvalue weighted by Gasteiger charge is -2.59. The lowest BCUT2D eigenvalue weighted by atomic mass is 9.48.